The van der Waals surface area contributed by atoms with E-state index in [1.165, 1.54) is 49.7 Å². The molecule has 0 atom stereocenters. The lowest BCUT2D eigenvalue weighted by Gasteiger charge is -2.15. The normalized spacial score (nSPS) is 13.2. The van der Waals surface area contributed by atoms with Gasteiger partial charge in [-0.1, -0.05) is 164 Å². The Morgan fingerprint density at radius 3 is 1.62 bits per heavy atom. The summed E-state index contributed by atoms with van der Waals surface area (Å²) < 4.78 is 0. The molecule has 0 N–H and O–H groups in total. The number of hydrogen-bond donors (Lipinski definition) is 0. The second-order valence-electron chi connectivity index (χ2n) is 11.9. The molecule has 0 radical (unpaired) electrons. The Kier molecular flexibility index (Phi) is 6.53. The van der Waals surface area contributed by atoms with E-state index in [1.807, 2.05) is 60.7 Å². The zero-order valence-electron chi connectivity index (χ0n) is 25.6. The largest absolute Gasteiger partial charge is 0.208 e. The molecule has 6 aromatic carbocycles. The summed E-state index contributed by atoms with van der Waals surface area (Å²) in [5.74, 6) is 1.98. The Labute approximate surface area is 274 Å². The minimum Gasteiger partial charge on any atom is -0.208 e. The molecule has 9 rings (SSSR count). The summed E-state index contributed by atoms with van der Waals surface area (Å²) in [5, 5.41) is 2.65. The Balaban J connectivity index is 1.13. The Hall–Kier alpha value is -6.19. The number of aromatic nitrogens is 3. The predicted molar refractivity (Wildman–Crippen MR) is 194 cm³/mol. The summed E-state index contributed by atoms with van der Waals surface area (Å²) in [6.45, 7) is 0. The third-order valence-corrected chi connectivity index (χ3v) is 9.18. The number of hydrogen-bond acceptors (Lipinski definition) is 3. The van der Waals surface area contributed by atoms with Gasteiger partial charge in [0.15, 0.2) is 17.5 Å². The van der Waals surface area contributed by atoms with Gasteiger partial charge in [-0.25, -0.2) is 15.0 Å². The van der Waals surface area contributed by atoms with Gasteiger partial charge < -0.3 is 0 Å². The maximum Gasteiger partial charge on any atom is 0.164 e. The van der Waals surface area contributed by atoms with Crippen LogP contribution in [0.3, 0.4) is 0 Å². The van der Waals surface area contributed by atoms with Crippen LogP contribution in [0.1, 0.15) is 17.5 Å². The molecular weight excluding hydrogens is 571 g/mol. The summed E-state index contributed by atoms with van der Waals surface area (Å²) in [7, 11) is 0. The van der Waals surface area contributed by atoms with E-state index in [-0.39, 0.29) is 0 Å². The van der Waals surface area contributed by atoms with Gasteiger partial charge in [-0.15, -0.1) is 0 Å². The van der Waals surface area contributed by atoms with Crippen molar-refractivity contribution in [2.75, 3.05) is 0 Å². The standard InChI is InChI=1S/C44H29N3/c1-4-13-30(14-5-1)42-45-43(31-15-6-2-7-16-31)47-44(46-42)32-25-23-29(24-26-32)33-17-10-11-20-34(33)37-27-28-40-36-19-9-3-8-18-35(36)38-21-12-22-39(37)41(38)40/h1-18,20-28H,19H2. The summed E-state index contributed by atoms with van der Waals surface area (Å²) in [6.07, 6.45) is 9.79. The molecule has 0 unspecified atom stereocenters. The molecule has 0 fully saturated rings. The van der Waals surface area contributed by atoms with Crippen LogP contribution in [-0.4, -0.2) is 15.0 Å². The SMILES string of the molecule is C1=CCC2=C(C=C1)c1cccc3c(-c4ccccc4-c4ccc(-c5nc(-c6ccccc6)nc(-c6ccccc6)n5)cc4)ccc2c13. The van der Waals surface area contributed by atoms with Gasteiger partial charge in [0.05, 0.1) is 0 Å². The van der Waals surface area contributed by atoms with Crippen LogP contribution < -0.4 is 0 Å². The second kappa shape index (κ2) is 11.3. The molecule has 7 aromatic rings. The van der Waals surface area contributed by atoms with Crippen molar-refractivity contribution in [1.29, 1.82) is 0 Å². The molecule has 0 saturated carbocycles. The van der Waals surface area contributed by atoms with E-state index < -0.39 is 0 Å². The molecule has 0 saturated heterocycles. The molecule has 220 valence electrons. The molecule has 47 heavy (non-hydrogen) atoms. The topological polar surface area (TPSA) is 38.7 Å². The maximum atomic E-state index is 4.92. The molecule has 0 bridgehead atoms. The molecule has 1 heterocycles. The van der Waals surface area contributed by atoms with Crippen molar-refractivity contribution in [3.8, 4) is 56.4 Å². The second-order valence-corrected chi connectivity index (χ2v) is 11.9. The third kappa shape index (κ3) is 4.72. The molecule has 3 heteroatoms. The summed E-state index contributed by atoms with van der Waals surface area (Å²) in [6, 6.07) is 48.9. The van der Waals surface area contributed by atoms with Crippen molar-refractivity contribution in [1.82, 2.24) is 15.0 Å². The number of benzene rings is 6. The van der Waals surface area contributed by atoms with Crippen molar-refractivity contribution in [3.05, 3.63) is 175 Å². The van der Waals surface area contributed by atoms with E-state index in [2.05, 4.69) is 103 Å². The van der Waals surface area contributed by atoms with E-state index in [4.69, 9.17) is 15.0 Å². The number of nitrogens with zero attached hydrogens (tertiary/aromatic N) is 3. The van der Waals surface area contributed by atoms with Crippen molar-refractivity contribution in [2.24, 2.45) is 0 Å². The fraction of sp³-hybridized carbons (Fsp3) is 0.0227. The van der Waals surface area contributed by atoms with Crippen LogP contribution in [-0.2, 0) is 0 Å². The molecule has 0 amide bonds. The van der Waals surface area contributed by atoms with Crippen molar-refractivity contribution < 1.29 is 0 Å². The van der Waals surface area contributed by atoms with Crippen LogP contribution in [0.25, 0.3) is 78.3 Å². The van der Waals surface area contributed by atoms with Gasteiger partial charge in [0.2, 0.25) is 0 Å². The van der Waals surface area contributed by atoms with Crippen LogP contribution in [0.15, 0.2) is 164 Å². The van der Waals surface area contributed by atoms with Crippen LogP contribution in [0.4, 0.5) is 0 Å². The average molecular weight is 600 g/mol. The first-order valence-corrected chi connectivity index (χ1v) is 16.0. The highest BCUT2D eigenvalue weighted by Gasteiger charge is 2.24. The Morgan fingerprint density at radius 2 is 0.936 bits per heavy atom. The first-order valence-electron chi connectivity index (χ1n) is 16.0. The monoisotopic (exact) mass is 599 g/mol. The van der Waals surface area contributed by atoms with Gasteiger partial charge in [0.1, 0.15) is 0 Å². The summed E-state index contributed by atoms with van der Waals surface area (Å²) >= 11 is 0. The van der Waals surface area contributed by atoms with Gasteiger partial charge in [0, 0.05) is 16.7 Å². The first kappa shape index (κ1) is 27.1. The van der Waals surface area contributed by atoms with E-state index in [0.717, 1.165) is 28.7 Å². The molecule has 2 aliphatic rings. The third-order valence-electron chi connectivity index (χ3n) is 9.18. The predicted octanol–water partition coefficient (Wildman–Crippen LogP) is 11.1. The van der Waals surface area contributed by atoms with Crippen LogP contribution in [0.5, 0.6) is 0 Å². The van der Waals surface area contributed by atoms with E-state index >= 15 is 0 Å². The van der Waals surface area contributed by atoms with Crippen molar-refractivity contribution in [3.63, 3.8) is 0 Å². The molecular formula is C44H29N3. The fourth-order valence-corrected chi connectivity index (χ4v) is 6.96. The number of fused-ring (bicyclic) bond motifs is 2. The Bertz CT molecular complexity index is 2340. The minimum absolute atomic E-state index is 0.654. The van der Waals surface area contributed by atoms with Crippen LogP contribution in [0, 0.1) is 0 Å². The summed E-state index contributed by atoms with van der Waals surface area (Å²) in [5.41, 5.74) is 13.1. The zero-order chi connectivity index (χ0) is 31.2. The van der Waals surface area contributed by atoms with Crippen molar-refractivity contribution >= 4 is 21.9 Å². The maximum absolute atomic E-state index is 4.92. The molecule has 0 aliphatic heterocycles. The molecule has 2 aliphatic carbocycles. The van der Waals surface area contributed by atoms with E-state index in [0.29, 0.717) is 17.5 Å². The first-order chi connectivity index (χ1) is 23.3. The van der Waals surface area contributed by atoms with Crippen LogP contribution in [0.2, 0.25) is 0 Å². The van der Waals surface area contributed by atoms with E-state index in [1.54, 1.807) is 0 Å². The highest BCUT2D eigenvalue weighted by molar-refractivity contribution is 6.19. The highest BCUT2D eigenvalue weighted by atomic mass is 15.0. The number of allylic oxidation sites excluding steroid dienone is 6. The fourth-order valence-electron chi connectivity index (χ4n) is 6.96. The van der Waals surface area contributed by atoms with Gasteiger partial charge in [0.25, 0.3) is 0 Å². The van der Waals surface area contributed by atoms with Gasteiger partial charge in [-0.3, -0.25) is 0 Å². The zero-order valence-corrected chi connectivity index (χ0v) is 25.6. The van der Waals surface area contributed by atoms with Gasteiger partial charge >= 0.3 is 0 Å². The lowest BCUT2D eigenvalue weighted by molar-refractivity contribution is 1.07. The lowest BCUT2D eigenvalue weighted by Crippen LogP contribution is -2.00. The lowest BCUT2D eigenvalue weighted by atomic mass is 9.89. The van der Waals surface area contributed by atoms with Gasteiger partial charge in [-0.05, 0) is 61.7 Å². The van der Waals surface area contributed by atoms with E-state index in [9.17, 15) is 0 Å². The molecule has 1 aromatic heterocycles. The highest BCUT2D eigenvalue weighted by Crippen LogP contribution is 2.48. The average Bonchev–Trinajstić information content (AvgIpc) is 3.27. The summed E-state index contributed by atoms with van der Waals surface area (Å²) in [4.78, 5) is 14.7. The number of rotatable bonds is 5. The van der Waals surface area contributed by atoms with Crippen LogP contribution >= 0.6 is 0 Å². The smallest absolute Gasteiger partial charge is 0.164 e. The quantitative estimate of drug-likeness (QED) is 0.198. The minimum atomic E-state index is 0.654. The molecule has 3 nitrogen and oxygen atoms in total. The van der Waals surface area contributed by atoms with Crippen molar-refractivity contribution in [2.45, 2.75) is 6.42 Å². The van der Waals surface area contributed by atoms with Gasteiger partial charge in [-0.2, -0.15) is 0 Å². The molecule has 0 spiro atoms. The Morgan fingerprint density at radius 1 is 0.383 bits per heavy atom.